The summed E-state index contributed by atoms with van der Waals surface area (Å²) < 4.78 is 16.2. The summed E-state index contributed by atoms with van der Waals surface area (Å²) in [5.41, 5.74) is 0. The van der Waals surface area contributed by atoms with E-state index >= 15 is 0 Å². The van der Waals surface area contributed by atoms with Crippen molar-refractivity contribution in [1.29, 1.82) is 0 Å². The zero-order valence-electron chi connectivity index (χ0n) is 13.7. The van der Waals surface area contributed by atoms with Gasteiger partial charge in [0.15, 0.2) is 6.29 Å². The quantitative estimate of drug-likeness (QED) is 0.277. The van der Waals surface area contributed by atoms with Gasteiger partial charge in [-0.3, -0.25) is 0 Å². The molecule has 1 unspecified atom stereocenters. The predicted molar refractivity (Wildman–Crippen MR) is 78.9 cm³/mol. The van der Waals surface area contributed by atoms with E-state index in [4.69, 9.17) is 14.2 Å². The average Bonchev–Trinajstić information content (AvgIpc) is 2.88. The Morgan fingerprint density at radius 1 is 1.12 bits per heavy atom. The van der Waals surface area contributed by atoms with Gasteiger partial charge in [0.05, 0.1) is 19.3 Å². The van der Waals surface area contributed by atoms with Crippen molar-refractivity contribution in [2.24, 2.45) is 0 Å². The van der Waals surface area contributed by atoms with E-state index in [1.165, 1.54) is 0 Å². The summed E-state index contributed by atoms with van der Waals surface area (Å²) in [7, 11) is 3.53. The van der Waals surface area contributed by atoms with E-state index < -0.39 is 61.7 Å². The predicted octanol–water partition coefficient (Wildman–Crippen LogP) is -4.15. The molecule has 142 valence electrons. The molecule has 2 fully saturated rings. The highest BCUT2D eigenvalue weighted by atomic mass is 16.7. The third-order valence-electron chi connectivity index (χ3n) is 4.23. The molecule has 0 spiro atoms. The van der Waals surface area contributed by atoms with E-state index in [1.54, 1.807) is 19.0 Å². The molecule has 2 rings (SSSR count). The Kier molecular flexibility index (Phi) is 6.90. The topological polar surface area (TPSA) is 152 Å². The van der Waals surface area contributed by atoms with Crippen LogP contribution in [0.1, 0.15) is 0 Å². The maximum atomic E-state index is 10.2. The van der Waals surface area contributed by atoms with Crippen molar-refractivity contribution < 1.29 is 44.8 Å². The fourth-order valence-electron chi connectivity index (χ4n) is 2.93. The van der Waals surface area contributed by atoms with Crippen molar-refractivity contribution in [2.75, 3.05) is 33.9 Å². The summed E-state index contributed by atoms with van der Waals surface area (Å²) in [6.07, 6.45) is -11.0. The molecule has 2 aliphatic heterocycles. The van der Waals surface area contributed by atoms with Crippen LogP contribution in [0.5, 0.6) is 0 Å². The van der Waals surface area contributed by atoms with E-state index in [0.29, 0.717) is 0 Å². The van der Waals surface area contributed by atoms with Crippen molar-refractivity contribution in [1.82, 2.24) is 4.90 Å². The molecule has 0 aliphatic carbocycles. The maximum absolute atomic E-state index is 10.2. The summed E-state index contributed by atoms with van der Waals surface area (Å²) in [4.78, 5) is 1.74. The zero-order valence-corrected chi connectivity index (χ0v) is 13.7. The third-order valence-corrected chi connectivity index (χ3v) is 4.23. The van der Waals surface area contributed by atoms with Crippen molar-refractivity contribution in [3.63, 3.8) is 0 Å². The number of aliphatic hydroxyl groups is 6. The lowest BCUT2D eigenvalue weighted by Crippen LogP contribution is -2.60. The van der Waals surface area contributed by atoms with Crippen LogP contribution in [0.15, 0.2) is 0 Å². The number of likely N-dealkylation sites (N-methyl/N-ethyl adjacent to an activating group) is 1. The second kappa shape index (κ2) is 8.32. The summed E-state index contributed by atoms with van der Waals surface area (Å²) >= 11 is 0. The second-order valence-corrected chi connectivity index (χ2v) is 6.49. The molecule has 24 heavy (non-hydrogen) atoms. The van der Waals surface area contributed by atoms with Crippen LogP contribution in [0.4, 0.5) is 0 Å². The monoisotopic (exact) mass is 353 g/mol. The van der Waals surface area contributed by atoms with Gasteiger partial charge in [-0.2, -0.15) is 0 Å². The lowest BCUT2D eigenvalue weighted by atomic mass is 9.99. The molecule has 10 heteroatoms. The minimum absolute atomic E-state index is 0.0583. The highest BCUT2D eigenvalue weighted by molar-refractivity contribution is 4.94. The summed E-state index contributed by atoms with van der Waals surface area (Å²) in [5, 5.41) is 59.0. The molecule has 0 amide bonds. The smallest absolute Gasteiger partial charge is 0.187 e. The SMILES string of the molecule is CN(C)C[C@H](O)[C@@H]1OC[C@H](O)[C@H]1OC1O[C@H](CO)[C@H](O)[C@H](O)[C@H]1O. The first-order valence-corrected chi connectivity index (χ1v) is 7.84. The fraction of sp³-hybridized carbons (Fsp3) is 1.00. The summed E-state index contributed by atoms with van der Waals surface area (Å²) in [6.45, 7) is -0.371. The molecular weight excluding hydrogens is 326 g/mol. The van der Waals surface area contributed by atoms with Crippen molar-refractivity contribution in [2.45, 2.75) is 55.1 Å². The van der Waals surface area contributed by atoms with Gasteiger partial charge in [-0.25, -0.2) is 0 Å². The Labute approximate surface area is 139 Å². The molecule has 6 N–H and O–H groups in total. The van der Waals surface area contributed by atoms with E-state index in [9.17, 15) is 30.6 Å². The minimum Gasteiger partial charge on any atom is -0.394 e. The van der Waals surface area contributed by atoms with E-state index in [-0.39, 0.29) is 13.2 Å². The first kappa shape index (κ1) is 19.9. The van der Waals surface area contributed by atoms with Gasteiger partial charge in [0, 0.05) is 6.54 Å². The van der Waals surface area contributed by atoms with Crippen LogP contribution in [0.25, 0.3) is 0 Å². The molecule has 2 aliphatic rings. The van der Waals surface area contributed by atoms with Crippen LogP contribution >= 0.6 is 0 Å². The van der Waals surface area contributed by atoms with Gasteiger partial charge in [0.25, 0.3) is 0 Å². The number of nitrogens with zero attached hydrogens (tertiary/aromatic N) is 1. The van der Waals surface area contributed by atoms with Crippen molar-refractivity contribution >= 4 is 0 Å². The van der Waals surface area contributed by atoms with Gasteiger partial charge in [-0.1, -0.05) is 0 Å². The van der Waals surface area contributed by atoms with E-state index in [1.807, 2.05) is 0 Å². The number of hydrogen-bond donors (Lipinski definition) is 6. The Morgan fingerprint density at radius 2 is 1.79 bits per heavy atom. The fourth-order valence-corrected chi connectivity index (χ4v) is 2.93. The Morgan fingerprint density at radius 3 is 2.38 bits per heavy atom. The second-order valence-electron chi connectivity index (χ2n) is 6.49. The normalized spacial score (nSPS) is 44.9. The molecule has 0 aromatic rings. The van der Waals surface area contributed by atoms with Crippen LogP contribution in [-0.4, -0.2) is 125 Å². The van der Waals surface area contributed by atoms with E-state index in [2.05, 4.69) is 0 Å². The Hall–Kier alpha value is -0.400. The van der Waals surface area contributed by atoms with Crippen LogP contribution in [-0.2, 0) is 14.2 Å². The van der Waals surface area contributed by atoms with E-state index in [0.717, 1.165) is 0 Å². The van der Waals surface area contributed by atoms with Gasteiger partial charge in [-0.15, -0.1) is 0 Å². The summed E-state index contributed by atoms with van der Waals surface area (Å²) in [5.74, 6) is 0. The molecule has 9 atom stereocenters. The first-order valence-electron chi connectivity index (χ1n) is 7.84. The standard InChI is InChI=1S/C14H27NO9/c1-15(2)3-6(17)12-13(7(18)5-22-12)24-14-11(21)10(20)9(19)8(4-16)23-14/h6-14,16-21H,3-5H2,1-2H3/t6-,7-,8+,9-,10-,11+,12-,13+,14?/m0/s1. The number of rotatable bonds is 6. The van der Waals surface area contributed by atoms with Gasteiger partial charge >= 0.3 is 0 Å². The Balaban J connectivity index is 2.06. The van der Waals surface area contributed by atoms with Crippen LogP contribution in [0, 0.1) is 0 Å². The molecular formula is C14H27NO9. The molecule has 0 bridgehead atoms. The van der Waals surface area contributed by atoms with Gasteiger partial charge in [0.1, 0.15) is 42.7 Å². The summed E-state index contributed by atoms with van der Waals surface area (Å²) in [6, 6.07) is 0. The largest absolute Gasteiger partial charge is 0.394 e. The third kappa shape index (κ3) is 4.22. The average molecular weight is 353 g/mol. The molecule has 10 nitrogen and oxygen atoms in total. The number of ether oxygens (including phenoxy) is 3. The molecule has 0 aromatic heterocycles. The Bertz CT molecular complexity index is 396. The molecule has 0 aromatic carbocycles. The molecule has 2 saturated heterocycles. The minimum atomic E-state index is -1.58. The molecule has 0 saturated carbocycles. The van der Waals surface area contributed by atoms with Gasteiger partial charge in [0.2, 0.25) is 0 Å². The van der Waals surface area contributed by atoms with Crippen LogP contribution in [0.2, 0.25) is 0 Å². The first-order chi connectivity index (χ1) is 11.3. The molecule has 2 heterocycles. The highest BCUT2D eigenvalue weighted by Gasteiger charge is 2.49. The zero-order chi connectivity index (χ0) is 18.0. The van der Waals surface area contributed by atoms with Crippen LogP contribution < -0.4 is 0 Å². The number of aliphatic hydroxyl groups excluding tert-OH is 6. The maximum Gasteiger partial charge on any atom is 0.187 e. The number of hydrogen-bond acceptors (Lipinski definition) is 10. The van der Waals surface area contributed by atoms with Crippen molar-refractivity contribution in [3.8, 4) is 0 Å². The lowest BCUT2D eigenvalue weighted by molar-refractivity contribution is -0.319. The van der Waals surface area contributed by atoms with Gasteiger partial charge in [-0.05, 0) is 14.1 Å². The van der Waals surface area contributed by atoms with Crippen molar-refractivity contribution in [3.05, 3.63) is 0 Å². The van der Waals surface area contributed by atoms with Crippen LogP contribution in [0.3, 0.4) is 0 Å². The lowest BCUT2D eigenvalue weighted by Gasteiger charge is -2.41. The van der Waals surface area contributed by atoms with Gasteiger partial charge < -0.3 is 49.7 Å². The highest BCUT2D eigenvalue weighted by Crippen LogP contribution is 2.28. The molecule has 0 radical (unpaired) electrons.